The fraction of sp³-hybridized carbons (Fsp3) is 0.500. The maximum absolute atomic E-state index is 12.6. The fourth-order valence-electron chi connectivity index (χ4n) is 2.95. The molecule has 0 fully saturated rings. The summed E-state index contributed by atoms with van der Waals surface area (Å²) in [7, 11) is 5.19. The lowest BCUT2D eigenvalue weighted by Crippen LogP contribution is -2.26. The third-order valence-electron chi connectivity index (χ3n) is 4.22. The molecule has 0 atom stereocenters. The second-order valence-corrected chi connectivity index (χ2v) is 6.27. The molecular weight excluding hydrogens is 308 g/mol. The van der Waals surface area contributed by atoms with Crippen molar-refractivity contribution in [3.8, 4) is 0 Å². The van der Waals surface area contributed by atoms with Crippen molar-refractivity contribution in [2.45, 2.75) is 32.2 Å². The number of amides is 2. The summed E-state index contributed by atoms with van der Waals surface area (Å²) in [6.45, 7) is 0.143. The van der Waals surface area contributed by atoms with Crippen molar-refractivity contribution in [2.24, 2.45) is 7.05 Å². The van der Waals surface area contributed by atoms with Gasteiger partial charge in [-0.05, 0) is 25.7 Å². The molecule has 2 aromatic heterocycles. The van der Waals surface area contributed by atoms with Gasteiger partial charge in [0, 0.05) is 32.9 Å². The molecule has 8 heteroatoms. The van der Waals surface area contributed by atoms with Gasteiger partial charge in [0.25, 0.3) is 5.91 Å². The van der Waals surface area contributed by atoms with Gasteiger partial charge in [-0.1, -0.05) is 0 Å². The zero-order chi connectivity index (χ0) is 17.3. The Balaban J connectivity index is 1.73. The Bertz CT molecular complexity index is 774. The first-order valence-electron chi connectivity index (χ1n) is 8.04. The molecule has 1 N–H and O–H groups in total. The van der Waals surface area contributed by atoms with Crippen LogP contribution in [0.25, 0.3) is 0 Å². The molecule has 24 heavy (non-hydrogen) atoms. The number of aryl methyl sites for hydroxylation is 2. The molecule has 0 unspecified atom stereocenters. The van der Waals surface area contributed by atoms with Gasteiger partial charge < -0.3 is 10.2 Å². The van der Waals surface area contributed by atoms with Crippen LogP contribution in [0.4, 0.5) is 5.69 Å². The van der Waals surface area contributed by atoms with E-state index < -0.39 is 0 Å². The fourth-order valence-corrected chi connectivity index (χ4v) is 2.95. The highest BCUT2D eigenvalue weighted by Gasteiger charge is 2.24. The molecule has 0 bridgehead atoms. The van der Waals surface area contributed by atoms with E-state index in [4.69, 9.17) is 0 Å². The Morgan fingerprint density at radius 3 is 2.79 bits per heavy atom. The van der Waals surface area contributed by atoms with Crippen molar-refractivity contribution in [1.82, 2.24) is 24.5 Å². The van der Waals surface area contributed by atoms with Gasteiger partial charge in [0.05, 0.1) is 17.6 Å². The van der Waals surface area contributed by atoms with Crippen LogP contribution in [0.5, 0.6) is 0 Å². The van der Waals surface area contributed by atoms with Gasteiger partial charge in [0.15, 0.2) is 0 Å². The third kappa shape index (κ3) is 3.17. The predicted octanol–water partition coefficient (Wildman–Crippen LogP) is 0.836. The third-order valence-corrected chi connectivity index (χ3v) is 4.22. The molecule has 3 rings (SSSR count). The standard InChI is InChI=1S/C16H22N6O2/c1-20(2)14(23)10-22-9-11(8-17-22)18-16(24)15-12-6-4-5-7-13(12)19-21(15)3/h8-9H,4-7,10H2,1-3H3,(H,18,24). The number of carbonyl (C=O) groups excluding carboxylic acids is 2. The Labute approximate surface area is 140 Å². The van der Waals surface area contributed by atoms with Crippen LogP contribution in [0, 0.1) is 0 Å². The van der Waals surface area contributed by atoms with E-state index in [2.05, 4.69) is 15.5 Å². The highest BCUT2D eigenvalue weighted by atomic mass is 16.2. The lowest BCUT2D eigenvalue weighted by molar-refractivity contribution is -0.129. The minimum Gasteiger partial charge on any atom is -0.347 e. The van der Waals surface area contributed by atoms with Crippen LogP contribution in [0.3, 0.4) is 0 Å². The van der Waals surface area contributed by atoms with Crippen LogP contribution in [0.2, 0.25) is 0 Å². The zero-order valence-corrected chi connectivity index (χ0v) is 14.2. The first kappa shape index (κ1) is 16.2. The first-order chi connectivity index (χ1) is 11.5. The van der Waals surface area contributed by atoms with Crippen molar-refractivity contribution in [3.05, 3.63) is 29.3 Å². The summed E-state index contributed by atoms with van der Waals surface area (Å²) in [5.41, 5.74) is 3.26. The summed E-state index contributed by atoms with van der Waals surface area (Å²) in [6, 6.07) is 0. The van der Waals surface area contributed by atoms with E-state index in [0.29, 0.717) is 11.4 Å². The molecule has 0 aliphatic heterocycles. The Kier molecular flexibility index (Phi) is 4.37. The van der Waals surface area contributed by atoms with E-state index in [0.717, 1.165) is 36.9 Å². The Morgan fingerprint density at radius 1 is 1.29 bits per heavy atom. The summed E-state index contributed by atoms with van der Waals surface area (Å²) in [5, 5.41) is 11.4. The van der Waals surface area contributed by atoms with E-state index in [-0.39, 0.29) is 18.4 Å². The SMILES string of the molecule is CN(C)C(=O)Cn1cc(NC(=O)c2c3c(nn2C)CCCC3)cn1. The molecule has 0 saturated carbocycles. The number of aromatic nitrogens is 4. The average Bonchev–Trinajstić information content (AvgIpc) is 3.09. The van der Waals surface area contributed by atoms with Crippen LogP contribution in [-0.4, -0.2) is 50.4 Å². The number of rotatable bonds is 4. The molecule has 0 saturated heterocycles. The van der Waals surface area contributed by atoms with Crippen molar-refractivity contribution in [1.29, 1.82) is 0 Å². The summed E-state index contributed by atoms with van der Waals surface area (Å²) in [5.74, 6) is -0.247. The highest BCUT2D eigenvalue weighted by molar-refractivity contribution is 6.04. The Morgan fingerprint density at radius 2 is 2.04 bits per heavy atom. The number of fused-ring (bicyclic) bond motifs is 1. The van der Waals surface area contributed by atoms with Gasteiger partial charge in [0.1, 0.15) is 12.2 Å². The predicted molar refractivity (Wildman–Crippen MR) is 88.7 cm³/mol. The molecule has 1 aliphatic carbocycles. The van der Waals surface area contributed by atoms with E-state index in [1.807, 2.05) is 0 Å². The average molecular weight is 330 g/mol. The summed E-state index contributed by atoms with van der Waals surface area (Å²) >= 11 is 0. The number of carbonyl (C=O) groups is 2. The largest absolute Gasteiger partial charge is 0.347 e. The molecular formula is C16H22N6O2. The van der Waals surface area contributed by atoms with Crippen LogP contribution in [-0.2, 0) is 31.2 Å². The normalized spacial score (nSPS) is 13.5. The minimum absolute atomic E-state index is 0.0586. The lowest BCUT2D eigenvalue weighted by Gasteiger charge is -2.11. The summed E-state index contributed by atoms with van der Waals surface area (Å²) < 4.78 is 3.17. The highest BCUT2D eigenvalue weighted by Crippen LogP contribution is 2.24. The van der Waals surface area contributed by atoms with Gasteiger partial charge >= 0.3 is 0 Å². The molecule has 1 aliphatic rings. The first-order valence-corrected chi connectivity index (χ1v) is 8.04. The van der Waals surface area contributed by atoms with E-state index >= 15 is 0 Å². The van der Waals surface area contributed by atoms with Gasteiger partial charge in [-0.15, -0.1) is 0 Å². The van der Waals surface area contributed by atoms with Crippen LogP contribution in [0.15, 0.2) is 12.4 Å². The second-order valence-electron chi connectivity index (χ2n) is 6.27. The van der Waals surface area contributed by atoms with Crippen molar-refractivity contribution in [3.63, 3.8) is 0 Å². The van der Waals surface area contributed by atoms with Gasteiger partial charge in [0.2, 0.25) is 5.91 Å². The van der Waals surface area contributed by atoms with Crippen molar-refractivity contribution >= 4 is 17.5 Å². The topological polar surface area (TPSA) is 85.0 Å². The maximum Gasteiger partial charge on any atom is 0.274 e. The monoisotopic (exact) mass is 330 g/mol. The van der Waals surface area contributed by atoms with Crippen molar-refractivity contribution < 1.29 is 9.59 Å². The van der Waals surface area contributed by atoms with Crippen LogP contribution < -0.4 is 5.32 Å². The second kappa shape index (κ2) is 6.46. The quantitative estimate of drug-likeness (QED) is 0.900. The molecule has 2 aromatic rings. The van der Waals surface area contributed by atoms with Crippen molar-refractivity contribution in [2.75, 3.05) is 19.4 Å². The summed E-state index contributed by atoms with van der Waals surface area (Å²) in [6.07, 6.45) is 7.23. The van der Waals surface area contributed by atoms with Crippen LogP contribution >= 0.6 is 0 Å². The summed E-state index contributed by atoms with van der Waals surface area (Å²) in [4.78, 5) is 25.8. The zero-order valence-electron chi connectivity index (χ0n) is 14.2. The Hall–Kier alpha value is -2.64. The number of likely N-dealkylation sites (N-methyl/N-ethyl adjacent to an activating group) is 1. The smallest absolute Gasteiger partial charge is 0.274 e. The van der Waals surface area contributed by atoms with E-state index in [1.54, 1.807) is 38.2 Å². The minimum atomic E-state index is -0.188. The number of anilines is 1. The number of hydrogen-bond donors (Lipinski definition) is 1. The van der Waals surface area contributed by atoms with E-state index in [9.17, 15) is 9.59 Å². The number of nitrogens with zero attached hydrogens (tertiary/aromatic N) is 5. The molecule has 8 nitrogen and oxygen atoms in total. The molecule has 0 radical (unpaired) electrons. The van der Waals surface area contributed by atoms with Gasteiger partial charge in [-0.3, -0.25) is 19.0 Å². The number of hydrogen-bond acceptors (Lipinski definition) is 4. The molecule has 128 valence electrons. The molecule has 0 spiro atoms. The van der Waals surface area contributed by atoms with Gasteiger partial charge in [-0.2, -0.15) is 10.2 Å². The molecule has 2 heterocycles. The van der Waals surface area contributed by atoms with Crippen LogP contribution in [0.1, 0.15) is 34.6 Å². The lowest BCUT2D eigenvalue weighted by atomic mass is 9.95. The van der Waals surface area contributed by atoms with E-state index in [1.165, 1.54) is 9.58 Å². The maximum atomic E-state index is 12.6. The van der Waals surface area contributed by atoms with Gasteiger partial charge in [-0.25, -0.2) is 0 Å². The number of nitrogens with one attached hydrogen (secondary N) is 1. The molecule has 0 aromatic carbocycles. The molecule has 2 amide bonds.